The molecule has 3 aromatic rings. The van der Waals surface area contributed by atoms with Crippen LogP contribution in [0.1, 0.15) is 30.5 Å². The van der Waals surface area contributed by atoms with Crippen LogP contribution in [0.3, 0.4) is 0 Å². The summed E-state index contributed by atoms with van der Waals surface area (Å²) in [6.45, 7) is 0.755. The molecule has 0 unspecified atom stereocenters. The minimum Gasteiger partial charge on any atom is -0.344 e. The minimum atomic E-state index is -0.453. The fourth-order valence-electron chi connectivity index (χ4n) is 3.36. The highest BCUT2D eigenvalue weighted by Crippen LogP contribution is 2.19. The molecule has 0 aliphatic carbocycles. The number of unbranched alkanes of at least 4 members (excludes halogenated alkanes) is 2. The summed E-state index contributed by atoms with van der Waals surface area (Å²) in [5, 5.41) is 12.5. The van der Waals surface area contributed by atoms with Crippen molar-refractivity contribution >= 4 is 11.9 Å². The third-order valence-corrected chi connectivity index (χ3v) is 5.40. The number of rotatable bonds is 11. The summed E-state index contributed by atoms with van der Waals surface area (Å²) >= 11 is 0. The molecule has 7 nitrogen and oxygen atoms in total. The van der Waals surface area contributed by atoms with Crippen LogP contribution in [0.25, 0.3) is 11.3 Å². The Balaban J connectivity index is 1.27. The molecule has 1 heterocycles. The lowest BCUT2D eigenvalue weighted by Crippen LogP contribution is -2.42. The van der Waals surface area contributed by atoms with Crippen molar-refractivity contribution in [1.82, 2.24) is 25.7 Å². The van der Waals surface area contributed by atoms with Crippen molar-refractivity contribution in [1.29, 1.82) is 0 Å². The fraction of sp³-hybridized carbons (Fsp3) is 0.320. The van der Waals surface area contributed by atoms with Gasteiger partial charge in [-0.15, -0.1) is 0 Å². The van der Waals surface area contributed by atoms with Gasteiger partial charge in [-0.1, -0.05) is 18.6 Å². The molecule has 3 N–H and O–H groups in total. The van der Waals surface area contributed by atoms with Gasteiger partial charge in [-0.3, -0.25) is 9.89 Å². The number of carbonyl (C=O) groups excluding carboxylic acids is 2. The van der Waals surface area contributed by atoms with Crippen LogP contribution in [-0.2, 0) is 17.8 Å². The lowest BCUT2D eigenvalue weighted by atomic mass is 10.1. The standard InChI is InChI=1S/C25H29F2N5O2/c1-32(24(33)17-29-25(34)28-16-18-6-10-20(26)11-7-18)14-4-2-3-5-22-15-23(31-30-22)19-8-12-21(27)13-9-19/h6-13,15H,2-5,14,16-17H2,1H3,(H,30,31)(H2,28,29,34). The molecule has 180 valence electrons. The molecule has 3 amide bonds. The largest absolute Gasteiger partial charge is 0.344 e. The van der Waals surface area contributed by atoms with Crippen molar-refractivity contribution in [2.45, 2.75) is 32.2 Å². The number of nitrogens with one attached hydrogen (secondary N) is 3. The molecule has 0 bridgehead atoms. The summed E-state index contributed by atoms with van der Waals surface area (Å²) in [6, 6.07) is 13.6. The molecule has 2 aromatic carbocycles. The zero-order chi connectivity index (χ0) is 24.3. The third-order valence-electron chi connectivity index (χ3n) is 5.40. The van der Waals surface area contributed by atoms with E-state index in [0.29, 0.717) is 6.54 Å². The Morgan fingerprint density at radius 1 is 0.941 bits per heavy atom. The van der Waals surface area contributed by atoms with E-state index in [9.17, 15) is 18.4 Å². The minimum absolute atomic E-state index is 0.0912. The summed E-state index contributed by atoms with van der Waals surface area (Å²) < 4.78 is 25.9. The van der Waals surface area contributed by atoms with Crippen LogP contribution in [0.5, 0.6) is 0 Å². The van der Waals surface area contributed by atoms with Crippen molar-refractivity contribution in [3.05, 3.63) is 77.5 Å². The van der Waals surface area contributed by atoms with E-state index in [1.807, 2.05) is 6.07 Å². The molecule has 0 fully saturated rings. The SMILES string of the molecule is CN(CCCCCc1cc(-c2ccc(F)cc2)n[nH]1)C(=O)CNC(=O)NCc1ccc(F)cc1. The van der Waals surface area contributed by atoms with Gasteiger partial charge in [0, 0.05) is 31.4 Å². The molecule has 0 atom stereocenters. The van der Waals surface area contributed by atoms with Gasteiger partial charge in [0.25, 0.3) is 0 Å². The lowest BCUT2D eigenvalue weighted by Gasteiger charge is -2.17. The van der Waals surface area contributed by atoms with Crippen LogP contribution >= 0.6 is 0 Å². The molecule has 34 heavy (non-hydrogen) atoms. The van der Waals surface area contributed by atoms with Gasteiger partial charge in [-0.2, -0.15) is 5.10 Å². The van der Waals surface area contributed by atoms with Crippen molar-refractivity contribution < 1.29 is 18.4 Å². The molecule has 9 heteroatoms. The maximum Gasteiger partial charge on any atom is 0.315 e. The number of hydrogen-bond acceptors (Lipinski definition) is 3. The van der Waals surface area contributed by atoms with Crippen LogP contribution in [0.4, 0.5) is 13.6 Å². The van der Waals surface area contributed by atoms with E-state index in [-0.39, 0.29) is 30.6 Å². The number of aryl methyl sites for hydroxylation is 1. The van der Waals surface area contributed by atoms with Crippen LogP contribution in [-0.4, -0.2) is 47.2 Å². The van der Waals surface area contributed by atoms with E-state index in [1.165, 1.54) is 24.3 Å². The van der Waals surface area contributed by atoms with E-state index >= 15 is 0 Å². The Labute approximate surface area is 197 Å². The van der Waals surface area contributed by atoms with Gasteiger partial charge in [0.15, 0.2) is 0 Å². The number of aromatic nitrogens is 2. The number of aromatic amines is 1. The number of benzene rings is 2. The number of hydrogen-bond donors (Lipinski definition) is 3. The number of H-pyrrole nitrogens is 1. The van der Waals surface area contributed by atoms with Gasteiger partial charge in [0.2, 0.25) is 5.91 Å². The summed E-state index contributed by atoms with van der Waals surface area (Å²) in [4.78, 5) is 25.7. The number of urea groups is 1. The molecule has 0 spiro atoms. The monoisotopic (exact) mass is 469 g/mol. The van der Waals surface area contributed by atoms with Crippen molar-refractivity contribution in [2.24, 2.45) is 0 Å². The zero-order valence-electron chi connectivity index (χ0n) is 19.1. The Hall–Kier alpha value is -3.75. The van der Waals surface area contributed by atoms with E-state index in [0.717, 1.165) is 48.2 Å². The number of carbonyl (C=O) groups is 2. The number of nitrogens with zero attached hydrogens (tertiary/aromatic N) is 2. The second-order valence-corrected chi connectivity index (χ2v) is 8.07. The first-order valence-corrected chi connectivity index (χ1v) is 11.2. The Morgan fingerprint density at radius 2 is 1.62 bits per heavy atom. The Morgan fingerprint density at radius 3 is 2.32 bits per heavy atom. The smallest absolute Gasteiger partial charge is 0.315 e. The highest BCUT2D eigenvalue weighted by atomic mass is 19.1. The molecule has 1 aromatic heterocycles. The van der Waals surface area contributed by atoms with E-state index < -0.39 is 6.03 Å². The normalized spacial score (nSPS) is 10.7. The molecular formula is C25H29F2N5O2. The van der Waals surface area contributed by atoms with E-state index in [1.54, 1.807) is 36.2 Å². The predicted molar refractivity (Wildman–Crippen MR) is 126 cm³/mol. The molecule has 0 aliphatic rings. The quantitative estimate of drug-likeness (QED) is 0.371. The zero-order valence-corrected chi connectivity index (χ0v) is 19.1. The van der Waals surface area contributed by atoms with Gasteiger partial charge in [-0.05, 0) is 67.3 Å². The predicted octanol–water partition coefficient (Wildman–Crippen LogP) is 4.03. The summed E-state index contributed by atoms with van der Waals surface area (Å²) in [5.41, 5.74) is 3.43. The van der Waals surface area contributed by atoms with Crippen molar-refractivity contribution in [2.75, 3.05) is 20.1 Å². The molecule has 0 aliphatic heterocycles. The van der Waals surface area contributed by atoms with Crippen molar-refractivity contribution in [3.63, 3.8) is 0 Å². The molecule has 0 saturated heterocycles. The first-order valence-electron chi connectivity index (χ1n) is 11.2. The van der Waals surface area contributed by atoms with Gasteiger partial charge in [0.1, 0.15) is 11.6 Å². The van der Waals surface area contributed by atoms with Crippen LogP contribution in [0.15, 0.2) is 54.6 Å². The van der Waals surface area contributed by atoms with Crippen molar-refractivity contribution in [3.8, 4) is 11.3 Å². The summed E-state index contributed by atoms with van der Waals surface area (Å²) in [5.74, 6) is -0.780. The van der Waals surface area contributed by atoms with Gasteiger partial charge in [-0.25, -0.2) is 13.6 Å². The van der Waals surface area contributed by atoms with Gasteiger partial charge in [0.05, 0.1) is 12.2 Å². The highest BCUT2D eigenvalue weighted by Gasteiger charge is 2.10. The molecular weight excluding hydrogens is 440 g/mol. The third kappa shape index (κ3) is 7.99. The first-order chi connectivity index (χ1) is 16.4. The van der Waals surface area contributed by atoms with Crippen LogP contribution < -0.4 is 10.6 Å². The number of likely N-dealkylation sites (N-methyl/N-ethyl adjacent to an activating group) is 1. The highest BCUT2D eigenvalue weighted by molar-refractivity contribution is 5.83. The molecule has 0 radical (unpaired) electrons. The van der Waals surface area contributed by atoms with Gasteiger partial charge >= 0.3 is 6.03 Å². The lowest BCUT2D eigenvalue weighted by molar-refractivity contribution is -0.128. The van der Waals surface area contributed by atoms with Crippen LogP contribution in [0.2, 0.25) is 0 Å². The second-order valence-electron chi connectivity index (χ2n) is 8.07. The van der Waals surface area contributed by atoms with E-state index in [2.05, 4.69) is 20.8 Å². The van der Waals surface area contributed by atoms with Gasteiger partial charge < -0.3 is 15.5 Å². The Bertz CT molecular complexity index is 1070. The average molecular weight is 470 g/mol. The van der Waals surface area contributed by atoms with Crippen LogP contribution in [0, 0.1) is 11.6 Å². The molecule has 0 saturated carbocycles. The molecule has 3 rings (SSSR count). The topological polar surface area (TPSA) is 90.1 Å². The Kier molecular flexibility index (Phi) is 9.13. The first kappa shape index (κ1) is 24.9. The van der Waals surface area contributed by atoms with E-state index in [4.69, 9.17) is 0 Å². The number of halogens is 2. The second kappa shape index (κ2) is 12.5. The maximum absolute atomic E-state index is 13.0. The summed E-state index contributed by atoms with van der Waals surface area (Å²) in [6.07, 6.45) is 3.56. The average Bonchev–Trinajstić information content (AvgIpc) is 3.31. The fourth-order valence-corrected chi connectivity index (χ4v) is 3.36. The maximum atomic E-state index is 13.0. The number of amides is 3. The summed E-state index contributed by atoms with van der Waals surface area (Å²) in [7, 11) is 1.71.